The molecule has 5 rings (SSSR count). The van der Waals surface area contributed by atoms with Gasteiger partial charge in [-0.15, -0.1) is 22.1 Å². The number of thioether (sulfide) groups is 1. The largest absolute Gasteiger partial charge is 2.00 e. The fourth-order valence-corrected chi connectivity index (χ4v) is 9.28. The Morgan fingerprint density at radius 3 is 1.95 bits per heavy atom. The zero-order valence-electron chi connectivity index (χ0n) is 36.2. The van der Waals surface area contributed by atoms with E-state index >= 15 is 0 Å². The van der Waals surface area contributed by atoms with E-state index in [0.29, 0.717) is 38.5 Å². The van der Waals surface area contributed by atoms with Gasteiger partial charge in [0, 0.05) is 48.5 Å². The fraction of sp³-hybridized carbons (Fsp3) is 0.500. The molecule has 0 radical (unpaired) electrons. The molecule has 8 nitrogen and oxygen atoms in total. The fourth-order valence-electron chi connectivity index (χ4n) is 8.05. The van der Waals surface area contributed by atoms with Crippen LogP contribution < -0.4 is 9.97 Å². The molecule has 3 aromatic heterocycles. The molecule has 4 unspecified atom stereocenters. The molecule has 2 aliphatic rings. The van der Waals surface area contributed by atoms with Gasteiger partial charge in [0.25, 0.3) is 0 Å². The first-order chi connectivity index (χ1) is 27.0. The van der Waals surface area contributed by atoms with Crippen LogP contribution in [-0.4, -0.2) is 38.9 Å². The number of allylic oxidation sites excluding steroid dienone is 3. The number of rotatable bonds is 18. The number of Topliss-reactive ketones (excluding diaryl/α,β-unsaturated/α-hetero) is 4. The number of hydrogen-bond acceptors (Lipinski definition) is 7. The number of carbonyl (C=O) groups excluding carboxylic acids is 4. The van der Waals surface area contributed by atoms with Gasteiger partial charge < -0.3 is 19.6 Å². The minimum Gasteiger partial charge on any atom is -0.657 e. The molecule has 0 aliphatic carbocycles. The van der Waals surface area contributed by atoms with Crippen molar-refractivity contribution in [1.82, 2.24) is 19.9 Å². The molecule has 0 aromatic carbocycles. The molecule has 0 saturated carbocycles. The van der Waals surface area contributed by atoms with E-state index in [0.717, 1.165) is 102 Å². The Morgan fingerprint density at radius 2 is 1.29 bits per heavy atom. The van der Waals surface area contributed by atoms with Gasteiger partial charge in [-0.1, -0.05) is 69.5 Å². The maximum absolute atomic E-state index is 12.5. The van der Waals surface area contributed by atoms with Gasteiger partial charge in [-0.05, 0) is 108 Å². The summed E-state index contributed by atoms with van der Waals surface area (Å²) >= 11 is 1.78. The van der Waals surface area contributed by atoms with Crippen LogP contribution in [0, 0.1) is 31.6 Å². The van der Waals surface area contributed by atoms with E-state index in [9.17, 15) is 19.2 Å². The number of aryl methyl sites for hydroxylation is 3. The van der Waals surface area contributed by atoms with Crippen molar-refractivity contribution in [2.24, 2.45) is 17.8 Å². The first kappa shape index (κ1) is 46.8. The van der Waals surface area contributed by atoms with Gasteiger partial charge in [0.05, 0.1) is 22.8 Å². The molecule has 0 N–H and O–H groups in total. The van der Waals surface area contributed by atoms with Crippen LogP contribution in [0.2, 0.25) is 0 Å². The molecule has 0 amide bonds. The maximum atomic E-state index is 12.5. The van der Waals surface area contributed by atoms with Gasteiger partial charge in [-0.25, -0.2) is 9.97 Å². The Hall–Kier alpha value is -3.85. The van der Waals surface area contributed by atoms with E-state index in [1.165, 1.54) is 0 Å². The molecule has 0 fully saturated rings. The van der Waals surface area contributed by atoms with Crippen LogP contribution in [0.15, 0.2) is 24.3 Å². The molecule has 3 aromatic rings. The van der Waals surface area contributed by atoms with E-state index in [-0.39, 0.29) is 63.2 Å². The third kappa shape index (κ3) is 10.8. The zero-order valence-corrected chi connectivity index (χ0v) is 38.2. The molecule has 58 heavy (non-hydrogen) atoms. The standard InChI is InChI=1S/C48H60N4O4S.Fe/c1-12-45(55)26(3)14-15-27(4)47-32(9)40-23-44-48(34(11)57-25-28(5)46(56)13-2)33(10)39(52-44)22-38-31(8)37(19-17-30(7)54)42(50-38)24-41-35(18-16-29(6)53)20-36(49-41)21-43(47)51-40;/h20-24,26-28,34H,12-19,25H2,1-11H3;/q-2;+2. The minimum atomic E-state index is -0.0394. The molecule has 310 valence electrons. The molecule has 8 bridgehead atoms. The van der Waals surface area contributed by atoms with E-state index in [2.05, 4.69) is 58.9 Å². The van der Waals surface area contributed by atoms with Gasteiger partial charge >= 0.3 is 17.1 Å². The van der Waals surface area contributed by atoms with Gasteiger partial charge in [-0.2, -0.15) is 11.8 Å². The van der Waals surface area contributed by atoms with Crippen LogP contribution in [0.4, 0.5) is 0 Å². The summed E-state index contributed by atoms with van der Waals surface area (Å²) in [5.41, 5.74) is 13.8. The predicted molar refractivity (Wildman–Crippen MR) is 236 cm³/mol. The summed E-state index contributed by atoms with van der Waals surface area (Å²) in [4.78, 5) is 70.4. The quantitative estimate of drug-likeness (QED) is 0.115. The Bertz CT molecular complexity index is 2300. The van der Waals surface area contributed by atoms with Gasteiger partial charge in [0.1, 0.15) is 23.1 Å². The molecule has 2 aliphatic heterocycles. The normalized spacial score (nSPS) is 14.7. The third-order valence-electron chi connectivity index (χ3n) is 11.8. The van der Waals surface area contributed by atoms with Crippen LogP contribution in [0.3, 0.4) is 0 Å². The topological polar surface area (TPSA) is 122 Å². The number of hydrogen-bond donors (Lipinski definition) is 0. The monoisotopic (exact) mass is 844 g/mol. The summed E-state index contributed by atoms with van der Waals surface area (Å²) in [6.07, 6.45) is 6.66. The van der Waals surface area contributed by atoms with Gasteiger partial charge in [0.15, 0.2) is 0 Å². The van der Waals surface area contributed by atoms with E-state index in [1.54, 1.807) is 25.6 Å². The van der Waals surface area contributed by atoms with Gasteiger partial charge in [-0.3, -0.25) is 9.59 Å². The molecule has 0 saturated heterocycles. The van der Waals surface area contributed by atoms with Crippen molar-refractivity contribution >= 4 is 79.8 Å². The Labute approximate surface area is 359 Å². The minimum absolute atomic E-state index is 0. The Morgan fingerprint density at radius 1 is 0.690 bits per heavy atom. The van der Waals surface area contributed by atoms with Crippen LogP contribution in [0.25, 0.3) is 44.9 Å². The second kappa shape index (κ2) is 20.4. The smallest absolute Gasteiger partial charge is 0.657 e. The number of aromatic nitrogens is 4. The second-order valence-corrected chi connectivity index (χ2v) is 17.7. The number of carbonyl (C=O) groups is 4. The van der Waals surface area contributed by atoms with E-state index in [1.807, 2.05) is 33.8 Å². The van der Waals surface area contributed by atoms with Crippen molar-refractivity contribution in [3.05, 3.63) is 69.3 Å². The number of ketones is 4. The summed E-state index contributed by atoms with van der Waals surface area (Å²) < 4.78 is 0. The molecule has 5 heterocycles. The van der Waals surface area contributed by atoms with E-state index < -0.39 is 0 Å². The van der Waals surface area contributed by atoms with Crippen molar-refractivity contribution in [3.63, 3.8) is 0 Å². The van der Waals surface area contributed by atoms with Crippen molar-refractivity contribution in [3.8, 4) is 0 Å². The molecule has 4 atom stereocenters. The van der Waals surface area contributed by atoms with Crippen LogP contribution in [0.5, 0.6) is 0 Å². The summed E-state index contributed by atoms with van der Waals surface area (Å²) in [6.45, 7) is 21.8. The van der Waals surface area contributed by atoms with Crippen LogP contribution in [0.1, 0.15) is 158 Å². The van der Waals surface area contributed by atoms with E-state index in [4.69, 9.17) is 19.9 Å². The molecular formula is C48H60FeN4O4S. The van der Waals surface area contributed by atoms with Crippen molar-refractivity contribution < 1.29 is 36.2 Å². The van der Waals surface area contributed by atoms with Crippen molar-refractivity contribution in [1.29, 1.82) is 0 Å². The first-order valence-electron chi connectivity index (χ1n) is 20.7. The third-order valence-corrected chi connectivity index (χ3v) is 13.2. The summed E-state index contributed by atoms with van der Waals surface area (Å²) in [5, 5.41) is 0.0566. The molecule has 0 spiro atoms. The number of fused-ring (bicyclic) bond motifs is 8. The maximum Gasteiger partial charge on any atom is 2.00 e. The predicted octanol–water partition coefficient (Wildman–Crippen LogP) is 11.0. The SMILES string of the molecule is CCC(=O)C(C)CCC(C)C1=C(C)c2cc3[n-]c(cc4[n-]c(cc5nc(cc1n2)C=C5CCC(C)=O)c(CCC(C)=O)c4C)c(C)c3C(C)SCC(C)C(=O)CC.[Fe+2]. The zero-order chi connectivity index (χ0) is 41.7. The summed E-state index contributed by atoms with van der Waals surface area (Å²) in [7, 11) is 0. The first-order valence-corrected chi connectivity index (χ1v) is 21.8. The van der Waals surface area contributed by atoms with Gasteiger partial charge in [0.2, 0.25) is 0 Å². The van der Waals surface area contributed by atoms with Crippen molar-refractivity contribution in [2.45, 2.75) is 133 Å². The summed E-state index contributed by atoms with van der Waals surface area (Å²) in [6, 6.07) is 8.23. The van der Waals surface area contributed by atoms with Crippen LogP contribution in [-0.2, 0) is 42.7 Å². The Balaban J connectivity index is 0.00000744. The summed E-state index contributed by atoms with van der Waals surface area (Å²) in [5.74, 6) is 1.57. The molecule has 10 heteroatoms. The average molecular weight is 845 g/mol. The number of nitrogens with zero attached hydrogens (tertiary/aromatic N) is 4. The average Bonchev–Trinajstić information content (AvgIpc) is 3.88. The van der Waals surface area contributed by atoms with Crippen LogP contribution >= 0.6 is 11.8 Å². The Kier molecular flexibility index (Phi) is 16.5. The van der Waals surface area contributed by atoms with Crippen molar-refractivity contribution in [2.75, 3.05) is 5.75 Å². The molecular weight excluding hydrogens is 784 g/mol. The second-order valence-electron chi connectivity index (χ2n) is 16.3.